The average molecular weight is 552 g/mol. The van der Waals surface area contributed by atoms with Crippen molar-refractivity contribution in [3.63, 3.8) is 0 Å². The van der Waals surface area contributed by atoms with Crippen LogP contribution in [0.1, 0.15) is 20.9 Å². The molecule has 1 amide bonds. The van der Waals surface area contributed by atoms with Crippen molar-refractivity contribution < 1.29 is 4.79 Å². The van der Waals surface area contributed by atoms with Crippen LogP contribution in [0.2, 0.25) is 0 Å². The second-order valence-corrected chi connectivity index (χ2v) is 7.25. The number of nitrogens with zero attached hydrogens (tertiary/aromatic N) is 3. The Hall–Kier alpha value is -1.20. The molecule has 0 fully saturated rings. The van der Waals surface area contributed by atoms with E-state index in [1.54, 1.807) is 12.6 Å². The first-order valence-corrected chi connectivity index (χ1v) is 9.53. The van der Waals surface area contributed by atoms with E-state index >= 15 is 0 Å². The summed E-state index contributed by atoms with van der Waals surface area (Å²) in [6.07, 6.45) is 0. The lowest BCUT2D eigenvalue weighted by atomic mass is 10.2. The maximum absolute atomic E-state index is 12.0. The normalized spacial score (nSPS) is 10.8. The molecule has 0 spiro atoms. The van der Waals surface area contributed by atoms with Crippen LogP contribution >= 0.6 is 51.2 Å². The van der Waals surface area contributed by atoms with Crippen molar-refractivity contribution >= 4 is 63.1 Å². The molecule has 2 N–H and O–H groups in total. The van der Waals surface area contributed by atoms with Gasteiger partial charge in [-0.1, -0.05) is 28.1 Å². The van der Waals surface area contributed by atoms with E-state index in [1.807, 2.05) is 31.0 Å². The maximum atomic E-state index is 12.0. The number of hydrogen-bond acceptors (Lipinski definition) is 4. The zero-order valence-electron chi connectivity index (χ0n) is 15.0. The second kappa shape index (κ2) is 11.5. The summed E-state index contributed by atoms with van der Waals surface area (Å²) in [6.45, 7) is 3.70. The van der Waals surface area contributed by atoms with E-state index in [1.165, 1.54) is 16.9 Å². The summed E-state index contributed by atoms with van der Waals surface area (Å²) < 4.78 is 1.06. The molecule has 0 aliphatic heterocycles. The number of aliphatic imine (C=N–C) groups is 1. The fourth-order valence-corrected chi connectivity index (χ4v) is 3.26. The molecule has 1 heterocycles. The lowest BCUT2D eigenvalue weighted by Crippen LogP contribution is -2.42. The number of aryl methyl sites for hydroxylation is 1. The number of amides is 1. The third kappa shape index (κ3) is 6.84. The predicted molar refractivity (Wildman–Crippen MR) is 122 cm³/mol. The monoisotopic (exact) mass is 551 g/mol. The highest BCUT2D eigenvalue weighted by Gasteiger charge is 2.11. The van der Waals surface area contributed by atoms with Gasteiger partial charge < -0.3 is 15.5 Å². The Morgan fingerprint density at radius 2 is 1.92 bits per heavy atom. The Labute approximate surface area is 183 Å². The van der Waals surface area contributed by atoms with E-state index in [0.717, 1.165) is 22.7 Å². The fourth-order valence-electron chi connectivity index (χ4n) is 2.27. The van der Waals surface area contributed by atoms with E-state index < -0.39 is 0 Å². The first-order valence-electron chi connectivity index (χ1n) is 7.85. The molecule has 0 unspecified atom stereocenters. The maximum Gasteiger partial charge on any atom is 0.263 e. The largest absolute Gasteiger partial charge is 0.354 e. The van der Waals surface area contributed by atoms with Crippen molar-refractivity contribution in [1.82, 2.24) is 20.5 Å². The van der Waals surface area contributed by atoms with Gasteiger partial charge in [0.25, 0.3) is 5.91 Å². The van der Waals surface area contributed by atoms with Crippen molar-refractivity contribution in [2.24, 2.45) is 4.99 Å². The topological polar surface area (TPSA) is 69.6 Å². The molecule has 6 nitrogen and oxygen atoms in total. The molecule has 0 saturated carbocycles. The molecule has 1 aromatic carbocycles. The third-order valence-corrected chi connectivity index (χ3v) is 5.01. The highest BCUT2D eigenvalue weighted by molar-refractivity contribution is 14.0. The minimum absolute atomic E-state index is 0. The van der Waals surface area contributed by atoms with Crippen LogP contribution in [0.15, 0.2) is 39.2 Å². The number of rotatable bonds is 6. The number of halogens is 2. The third-order valence-electron chi connectivity index (χ3n) is 3.55. The van der Waals surface area contributed by atoms with E-state index in [2.05, 4.69) is 48.7 Å². The summed E-state index contributed by atoms with van der Waals surface area (Å²) in [5.74, 6) is 0.700. The van der Waals surface area contributed by atoms with Crippen molar-refractivity contribution in [3.8, 4) is 0 Å². The number of aromatic nitrogens is 1. The molecule has 0 bridgehead atoms. The molecule has 0 aliphatic carbocycles. The van der Waals surface area contributed by atoms with Gasteiger partial charge in [-0.05, 0) is 24.6 Å². The first kappa shape index (κ1) is 22.8. The fraction of sp³-hybridized carbons (Fsp3) is 0.353. The van der Waals surface area contributed by atoms with Gasteiger partial charge in [-0.2, -0.15) is 0 Å². The average Bonchev–Trinajstić information content (AvgIpc) is 3.03. The summed E-state index contributed by atoms with van der Waals surface area (Å²) in [4.78, 5) is 23.1. The van der Waals surface area contributed by atoms with Gasteiger partial charge in [0.15, 0.2) is 5.96 Å². The van der Waals surface area contributed by atoms with Gasteiger partial charge in [-0.15, -0.1) is 35.3 Å². The van der Waals surface area contributed by atoms with Gasteiger partial charge in [-0.25, -0.2) is 4.98 Å². The molecule has 142 valence electrons. The van der Waals surface area contributed by atoms with Gasteiger partial charge >= 0.3 is 0 Å². The zero-order chi connectivity index (χ0) is 18.2. The SMILES string of the molecule is CN=C(NCCNC(=O)c1scnc1C)N(C)Cc1ccc(Br)cc1.I. The molecule has 2 aromatic rings. The summed E-state index contributed by atoms with van der Waals surface area (Å²) >= 11 is 4.79. The number of thiazole rings is 1. The second-order valence-electron chi connectivity index (χ2n) is 5.48. The van der Waals surface area contributed by atoms with Crippen LogP contribution in [-0.2, 0) is 6.54 Å². The Bertz CT molecular complexity index is 735. The van der Waals surface area contributed by atoms with Crippen molar-refractivity contribution in [3.05, 3.63) is 50.4 Å². The molecule has 0 aliphatic rings. The molecule has 0 radical (unpaired) electrons. The summed E-state index contributed by atoms with van der Waals surface area (Å²) in [5.41, 5.74) is 3.64. The molecule has 1 aromatic heterocycles. The van der Waals surface area contributed by atoms with Crippen LogP contribution < -0.4 is 10.6 Å². The number of hydrogen-bond donors (Lipinski definition) is 2. The molecule has 0 saturated heterocycles. The standard InChI is InChI=1S/C17H22BrN5OS.HI/c1-12-15(25-11-22-12)16(24)20-8-9-21-17(19-2)23(3)10-13-4-6-14(18)7-5-13;/h4-7,11H,8-10H2,1-3H3,(H,19,21)(H,20,24);1H. The Morgan fingerprint density at radius 3 is 2.50 bits per heavy atom. The lowest BCUT2D eigenvalue weighted by Gasteiger charge is -2.22. The summed E-state index contributed by atoms with van der Waals surface area (Å²) in [7, 11) is 3.73. The molecular weight excluding hydrogens is 529 g/mol. The molecule has 9 heteroatoms. The number of benzene rings is 1. The van der Waals surface area contributed by atoms with Crippen LogP contribution in [0.4, 0.5) is 0 Å². The highest BCUT2D eigenvalue weighted by atomic mass is 127. The van der Waals surface area contributed by atoms with E-state index in [0.29, 0.717) is 18.0 Å². The van der Waals surface area contributed by atoms with Gasteiger partial charge in [0, 0.05) is 38.2 Å². The predicted octanol–water partition coefficient (Wildman–Crippen LogP) is 3.27. The van der Waals surface area contributed by atoms with Crippen LogP contribution in [0, 0.1) is 6.92 Å². The minimum Gasteiger partial charge on any atom is -0.354 e. The Balaban J connectivity index is 0.00000338. The minimum atomic E-state index is -0.0833. The van der Waals surface area contributed by atoms with Crippen LogP contribution in [0.3, 0.4) is 0 Å². The molecule has 2 rings (SSSR count). The Kier molecular flexibility index (Phi) is 10.1. The number of nitrogens with one attached hydrogen (secondary N) is 2. The summed E-state index contributed by atoms with van der Waals surface area (Å²) in [5, 5.41) is 6.15. The quantitative estimate of drug-likeness (QED) is 0.250. The Morgan fingerprint density at radius 1 is 1.27 bits per heavy atom. The van der Waals surface area contributed by atoms with Crippen LogP contribution in [0.25, 0.3) is 0 Å². The zero-order valence-corrected chi connectivity index (χ0v) is 19.7. The highest BCUT2D eigenvalue weighted by Crippen LogP contribution is 2.12. The van der Waals surface area contributed by atoms with Gasteiger partial charge in [0.05, 0.1) is 11.2 Å². The van der Waals surface area contributed by atoms with Crippen molar-refractivity contribution in [2.45, 2.75) is 13.5 Å². The van der Waals surface area contributed by atoms with Crippen molar-refractivity contribution in [1.29, 1.82) is 0 Å². The lowest BCUT2D eigenvalue weighted by molar-refractivity contribution is 0.0957. The van der Waals surface area contributed by atoms with Gasteiger partial charge in [-0.3, -0.25) is 9.79 Å². The first-order chi connectivity index (χ1) is 12.0. The van der Waals surface area contributed by atoms with E-state index in [-0.39, 0.29) is 29.9 Å². The summed E-state index contributed by atoms with van der Waals surface area (Å²) in [6, 6.07) is 8.20. The molecule has 26 heavy (non-hydrogen) atoms. The molecule has 0 atom stereocenters. The number of guanidine groups is 1. The van der Waals surface area contributed by atoms with E-state index in [4.69, 9.17) is 0 Å². The van der Waals surface area contributed by atoms with Crippen LogP contribution in [-0.4, -0.2) is 48.9 Å². The van der Waals surface area contributed by atoms with E-state index in [9.17, 15) is 4.79 Å². The molecular formula is C17H23BrIN5OS. The number of carbonyl (C=O) groups is 1. The van der Waals surface area contributed by atoms with Gasteiger partial charge in [0.1, 0.15) is 4.88 Å². The smallest absolute Gasteiger partial charge is 0.263 e. The number of carbonyl (C=O) groups excluding carboxylic acids is 1. The van der Waals surface area contributed by atoms with Crippen LogP contribution in [0.5, 0.6) is 0 Å². The van der Waals surface area contributed by atoms with Gasteiger partial charge in [0.2, 0.25) is 0 Å². The van der Waals surface area contributed by atoms with Crippen molar-refractivity contribution in [2.75, 3.05) is 27.2 Å².